The lowest BCUT2D eigenvalue weighted by atomic mass is 10.00. The third-order valence-electron chi connectivity index (χ3n) is 4.92. The summed E-state index contributed by atoms with van der Waals surface area (Å²) in [6.07, 6.45) is -1.47. The van der Waals surface area contributed by atoms with Gasteiger partial charge in [-0.1, -0.05) is 27.7 Å². The summed E-state index contributed by atoms with van der Waals surface area (Å²) in [7, 11) is 0. The molecule has 0 spiro atoms. The fourth-order valence-corrected chi connectivity index (χ4v) is 3.18. The van der Waals surface area contributed by atoms with Gasteiger partial charge in [0.2, 0.25) is 23.6 Å². The number of carboxylic acid groups (broad SMARTS) is 3. The monoisotopic (exact) mass is 516 g/mol. The molecule has 0 radical (unpaired) electrons. The number of carbonyl (C=O) groups excluding carboxylic acids is 4. The molecule has 204 valence electrons. The van der Waals surface area contributed by atoms with E-state index < -0.39 is 84.5 Å². The van der Waals surface area contributed by atoms with Gasteiger partial charge in [-0.25, -0.2) is 4.79 Å². The van der Waals surface area contributed by atoms with Crippen LogP contribution in [0.25, 0.3) is 0 Å². The largest absolute Gasteiger partial charge is 0.481 e. The zero-order chi connectivity index (χ0) is 28.2. The van der Waals surface area contributed by atoms with E-state index in [0.717, 1.165) is 0 Å². The van der Waals surface area contributed by atoms with Crippen LogP contribution in [0.15, 0.2) is 0 Å². The van der Waals surface area contributed by atoms with Gasteiger partial charge in [0.25, 0.3) is 0 Å². The second-order valence-electron chi connectivity index (χ2n) is 9.10. The number of amides is 4. The van der Waals surface area contributed by atoms with Gasteiger partial charge in [-0.3, -0.25) is 28.8 Å². The second kappa shape index (κ2) is 15.3. The summed E-state index contributed by atoms with van der Waals surface area (Å²) < 4.78 is 0. The highest BCUT2D eigenvalue weighted by Crippen LogP contribution is 2.09. The Balaban J connectivity index is 5.72. The first-order valence-electron chi connectivity index (χ1n) is 11.4. The van der Waals surface area contributed by atoms with Gasteiger partial charge in [-0.05, 0) is 24.7 Å². The van der Waals surface area contributed by atoms with E-state index in [1.165, 1.54) is 20.8 Å². The predicted molar refractivity (Wildman–Crippen MR) is 124 cm³/mol. The highest BCUT2D eigenvalue weighted by molar-refractivity contribution is 5.95. The summed E-state index contributed by atoms with van der Waals surface area (Å²) >= 11 is 0. The van der Waals surface area contributed by atoms with Gasteiger partial charge in [0.05, 0.1) is 6.42 Å². The topological polar surface area (TPSA) is 228 Å². The zero-order valence-electron chi connectivity index (χ0n) is 21.0. The Morgan fingerprint density at radius 3 is 1.61 bits per heavy atom. The van der Waals surface area contributed by atoms with Crippen LogP contribution in [0.2, 0.25) is 0 Å². The summed E-state index contributed by atoms with van der Waals surface area (Å²) in [5.74, 6) is -7.94. The van der Waals surface area contributed by atoms with Gasteiger partial charge in [-0.15, -0.1) is 0 Å². The Kier molecular flexibility index (Phi) is 13.7. The fourth-order valence-electron chi connectivity index (χ4n) is 3.18. The maximum absolute atomic E-state index is 13.0. The van der Waals surface area contributed by atoms with Crippen molar-refractivity contribution in [3.63, 3.8) is 0 Å². The summed E-state index contributed by atoms with van der Waals surface area (Å²) in [5.41, 5.74) is 0. The zero-order valence-corrected chi connectivity index (χ0v) is 21.0. The Bertz CT molecular complexity index is 843. The van der Waals surface area contributed by atoms with Crippen LogP contribution < -0.4 is 21.3 Å². The molecule has 0 aromatic rings. The lowest BCUT2D eigenvalue weighted by molar-refractivity contribution is -0.147. The summed E-state index contributed by atoms with van der Waals surface area (Å²) in [6.45, 7) is 7.93. The molecule has 0 aliphatic heterocycles. The lowest BCUT2D eigenvalue weighted by Crippen LogP contribution is -2.59. The molecule has 14 nitrogen and oxygen atoms in total. The molecule has 0 aromatic heterocycles. The smallest absolute Gasteiger partial charge is 0.326 e. The molecule has 4 amide bonds. The number of aliphatic carboxylic acids is 3. The Hall–Kier alpha value is -3.71. The number of rotatable bonds is 16. The van der Waals surface area contributed by atoms with Gasteiger partial charge < -0.3 is 36.6 Å². The third-order valence-corrected chi connectivity index (χ3v) is 4.92. The van der Waals surface area contributed by atoms with Crippen molar-refractivity contribution in [3.05, 3.63) is 0 Å². The molecule has 36 heavy (non-hydrogen) atoms. The van der Waals surface area contributed by atoms with Crippen molar-refractivity contribution in [2.75, 3.05) is 0 Å². The van der Waals surface area contributed by atoms with Crippen molar-refractivity contribution >= 4 is 41.5 Å². The lowest BCUT2D eigenvalue weighted by Gasteiger charge is -2.27. The molecule has 0 aliphatic rings. The normalized spacial score (nSPS) is 14.2. The molecule has 0 saturated heterocycles. The van der Waals surface area contributed by atoms with E-state index in [0.29, 0.717) is 0 Å². The quantitative estimate of drug-likeness (QED) is 0.133. The van der Waals surface area contributed by atoms with Crippen molar-refractivity contribution in [3.8, 4) is 0 Å². The highest BCUT2D eigenvalue weighted by Gasteiger charge is 2.33. The van der Waals surface area contributed by atoms with Crippen LogP contribution in [0.4, 0.5) is 0 Å². The van der Waals surface area contributed by atoms with Crippen LogP contribution in [0.1, 0.15) is 60.3 Å². The maximum atomic E-state index is 13.0. The van der Waals surface area contributed by atoms with Gasteiger partial charge in [-0.2, -0.15) is 0 Å². The van der Waals surface area contributed by atoms with Crippen molar-refractivity contribution < 1.29 is 48.9 Å². The number of carboxylic acids is 3. The van der Waals surface area contributed by atoms with Gasteiger partial charge in [0.15, 0.2) is 0 Å². The van der Waals surface area contributed by atoms with E-state index in [9.17, 15) is 33.6 Å². The van der Waals surface area contributed by atoms with E-state index in [1.54, 1.807) is 0 Å². The average Bonchev–Trinajstić information content (AvgIpc) is 2.71. The highest BCUT2D eigenvalue weighted by atomic mass is 16.4. The Morgan fingerprint density at radius 2 is 1.19 bits per heavy atom. The first-order chi connectivity index (χ1) is 16.5. The van der Waals surface area contributed by atoms with E-state index in [-0.39, 0.29) is 18.8 Å². The number of hydrogen-bond acceptors (Lipinski definition) is 7. The molecular formula is C22H36N4O10. The van der Waals surface area contributed by atoms with Crippen LogP contribution in [-0.2, 0) is 33.6 Å². The maximum Gasteiger partial charge on any atom is 0.326 e. The van der Waals surface area contributed by atoms with Gasteiger partial charge >= 0.3 is 17.9 Å². The first-order valence-corrected chi connectivity index (χ1v) is 11.4. The molecule has 4 atom stereocenters. The minimum atomic E-state index is -1.75. The molecule has 0 rings (SSSR count). The molecule has 7 N–H and O–H groups in total. The van der Waals surface area contributed by atoms with Crippen LogP contribution in [0.5, 0.6) is 0 Å². The average molecular weight is 517 g/mol. The number of hydrogen-bond donors (Lipinski definition) is 7. The van der Waals surface area contributed by atoms with E-state index >= 15 is 0 Å². The summed E-state index contributed by atoms with van der Waals surface area (Å²) in [4.78, 5) is 83.2. The van der Waals surface area contributed by atoms with Crippen molar-refractivity contribution in [2.45, 2.75) is 84.5 Å². The molecule has 0 fully saturated rings. The first kappa shape index (κ1) is 32.3. The number of nitrogens with one attached hydrogen (secondary N) is 4. The van der Waals surface area contributed by atoms with Gasteiger partial charge in [0.1, 0.15) is 24.2 Å². The molecule has 14 heteroatoms. The standard InChI is InChI=1S/C22H36N4O10/c1-10(2)8-14(23-12(5)27)20(33)24-13(6-7-16(28)29)19(32)26-18(11(3)4)21(34)25-15(22(35)36)9-17(30)31/h10-11,13-15,18H,6-9H2,1-5H3,(H,23,27)(H,24,33)(H,25,34)(H,26,32)(H,28,29)(H,30,31)(H,35,36)/t13-,14-,15-,18-/m0/s1. The second-order valence-corrected chi connectivity index (χ2v) is 9.10. The van der Waals surface area contributed by atoms with E-state index in [2.05, 4.69) is 21.3 Å². The Morgan fingerprint density at radius 1 is 0.667 bits per heavy atom. The minimum absolute atomic E-state index is 0.000830. The van der Waals surface area contributed by atoms with Crippen molar-refractivity contribution in [1.82, 2.24) is 21.3 Å². The summed E-state index contributed by atoms with van der Waals surface area (Å²) in [5, 5.41) is 36.4. The van der Waals surface area contributed by atoms with Crippen molar-refractivity contribution in [1.29, 1.82) is 0 Å². The van der Waals surface area contributed by atoms with E-state index in [1.807, 2.05) is 13.8 Å². The van der Waals surface area contributed by atoms with E-state index in [4.69, 9.17) is 15.3 Å². The molecule has 0 unspecified atom stereocenters. The molecular weight excluding hydrogens is 480 g/mol. The van der Waals surface area contributed by atoms with Gasteiger partial charge in [0, 0.05) is 13.3 Å². The molecule has 0 heterocycles. The summed E-state index contributed by atoms with van der Waals surface area (Å²) in [6, 6.07) is -5.44. The fraction of sp³-hybridized carbons (Fsp3) is 0.682. The molecule has 0 aromatic carbocycles. The van der Waals surface area contributed by atoms with Crippen molar-refractivity contribution in [2.24, 2.45) is 11.8 Å². The minimum Gasteiger partial charge on any atom is -0.481 e. The molecule has 0 aliphatic carbocycles. The van der Waals surface area contributed by atoms with Crippen LogP contribution in [0, 0.1) is 11.8 Å². The predicted octanol–water partition coefficient (Wildman–Crippen LogP) is -0.928. The third kappa shape index (κ3) is 12.7. The number of carbonyl (C=O) groups is 7. The molecule has 0 saturated carbocycles. The van der Waals surface area contributed by atoms with Crippen LogP contribution >= 0.6 is 0 Å². The Labute approximate surface area is 208 Å². The molecule has 0 bridgehead atoms. The van der Waals surface area contributed by atoms with Crippen LogP contribution in [-0.4, -0.2) is 81.0 Å². The SMILES string of the molecule is CC(=O)N[C@@H](CC(C)C)C(=O)N[C@@H](CCC(=O)O)C(=O)N[C@H](C(=O)N[C@@H](CC(=O)O)C(=O)O)C(C)C. The van der Waals surface area contributed by atoms with Crippen LogP contribution in [0.3, 0.4) is 0 Å².